The molecule has 0 amide bonds. The van der Waals surface area contributed by atoms with Crippen molar-refractivity contribution in [1.29, 1.82) is 0 Å². The highest BCUT2D eigenvalue weighted by molar-refractivity contribution is 7.55. The van der Waals surface area contributed by atoms with Crippen molar-refractivity contribution in [3.63, 3.8) is 0 Å². The lowest BCUT2D eigenvalue weighted by Crippen LogP contribution is -2.43. The third-order valence-electron chi connectivity index (χ3n) is 4.04. The van der Waals surface area contributed by atoms with Gasteiger partial charge in [0.05, 0.1) is 25.7 Å². The summed E-state index contributed by atoms with van der Waals surface area (Å²) >= 11 is 0. The molecule has 2 unspecified atom stereocenters. The summed E-state index contributed by atoms with van der Waals surface area (Å²) in [5.74, 6) is -0.933. The minimum Gasteiger partial charge on any atom is -0.466 e. The van der Waals surface area contributed by atoms with Crippen LogP contribution in [-0.2, 0) is 23.1 Å². The highest BCUT2D eigenvalue weighted by Gasteiger charge is 2.60. The van der Waals surface area contributed by atoms with Crippen LogP contribution in [0.2, 0.25) is 0 Å². The van der Waals surface area contributed by atoms with Crippen LogP contribution >= 0.6 is 7.60 Å². The van der Waals surface area contributed by atoms with Gasteiger partial charge in [-0.15, -0.1) is 0 Å². The summed E-state index contributed by atoms with van der Waals surface area (Å²) in [7, 11) is -3.54. The van der Waals surface area contributed by atoms with Crippen molar-refractivity contribution in [2.75, 3.05) is 26.4 Å². The average Bonchev–Trinajstić information content (AvgIpc) is 2.72. The molecule has 0 saturated carbocycles. The standard InChI is InChI=1S/C13H24NO6P/c1-5-18-11(15)10-6-13(4,14(16)7-10)21(17)19-8-12(2,3)9-20-21/h10,16H,5-9H2,1-4H3. The van der Waals surface area contributed by atoms with Crippen LogP contribution in [0.5, 0.6) is 0 Å². The second-order valence-corrected chi connectivity index (χ2v) is 9.14. The topological polar surface area (TPSA) is 85.3 Å². The molecule has 2 aliphatic heterocycles. The normalized spacial score (nSPS) is 35.6. The first-order chi connectivity index (χ1) is 9.63. The number of rotatable bonds is 3. The Kier molecular flexibility index (Phi) is 4.53. The van der Waals surface area contributed by atoms with E-state index in [2.05, 4.69) is 0 Å². The fourth-order valence-electron chi connectivity index (χ4n) is 2.59. The number of nitrogens with zero attached hydrogens (tertiary/aromatic N) is 1. The number of esters is 1. The van der Waals surface area contributed by atoms with Crippen LogP contribution in [0.1, 0.15) is 34.1 Å². The highest BCUT2D eigenvalue weighted by Crippen LogP contribution is 2.67. The van der Waals surface area contributed by atoms with Gasteiger partial charge in [-0.1, -0.05) is 13.8 Å². The monoisotopic (exact) mass is 321 g/mol. The Morgan fingerprint density at radius 2 is 1.95 bits per heavy atom. The first-order valence-electron chi connectivity index (χ1n) is 7.16. The molecular formula is C13H24NO6P. The minimum atomic E-state index is -3.54. The van der Waals surface area contributed by atoms with E-state index in [0.29, 0.717) is 0 Å². The van der Waals surface area contributed by atoms with Gasteiger partial charge in [0.2, 0.25) is 0 Å². The van der Waals surface area contributed by atoms with Gasteiger partial charge in [0.1, 0.15) is 5.28 Å². The Balaban J connectivity index is 2.15. The first-order valence-corrected chi connectivity index (χ1v) is 8.70. The minimum absolute atomic E-state index is 0.0649. The summed E-state index contributed by atoms with van der Waals surface area (Å²) in [6, 6.07) is 0. The van der Waals surface area contributed by atoms with Crippen LogP contribution in [0, 0.1) is 11.3 Å². The molecule has 0 aromatic carbocycles. The van der Waals surface area contributed by atoms with Crippen LogP contribution < -0.4 is 0 Å². The Morgan fingerprint density at radius 3 is 2.48 bits per heavy atom. The van der Waals surface area contributed by atoms with Crippen LogP contribution in [0.4, 0.5) is 0 Å². The molecule has 7 nitrogen and oxygen atoms in total. The molecule has 0 aromatic rings. The van der Waals surface area contributed by atoms with E-state index in [0.717, 1.165) is 5.06 Å². The van der Waals surface area contributed by atoms with E-state index in [1.54, 1.807) is 13.8 Å². The summed E-state index contributed by atoms with van der Waals surface area (Å²) in [5, 5.41) is 9.87. The molecule has 122 valence electrons. The Hall–Kier alpha value is -0.460. The summed E-state index contributed by atoms with van der Waals surface area (Å²) in [4.78, 5) is 11.8. The van der Waals surface area contributed by atoms with Crippen LogP contribution in [0.15, 0.2) is 0 Å². The number of hydrogen-bond acceptors (Lipinski definition) is 7. The van der Waals surface area contributed by atoms with Crippen molar-refractivity contribution in [3.05, 3.63) is 0 Å². The van der Waals surface area contributed by atoms with Crippen LogP contribution in [0.3, 0.4) is 0 Å². The van der Waals surface area contributed by atoms with Crippen LogP contribution in [0.25, 0.3) is 0 Å². The molecule has 21 heavy (non-hydrogen) atoms. The maximum Gasteiger partial charge on any atom is 0.352 e. The predicted molar refractivity (Wildman–Crippen MR) is 74.9 cm³/mol. The first kappa shape index (κ1) is 16.9. The fourth-order valence-corrected chi connectivity index (χ4v) is 5.07. The fraction of sp³-hybridized carbons (Fsp3) is 0.923. The van der Waals surface area contributed by atoms with Gasteiger partial charge in [0, 0.05) is 12.0 Å². The quantitative estimate of drug-likeness (QED) is 0.630. The number of hydroxylamine groups is 2. The summed E-state index contributed by atoms with van der Waals surface area (Å²) in [6.45, 7) is 8.14. The Labute approximate surface area is 125 Å². The smallest absolute Gasteiger partial charge is 0.352 e. The van der Waals surface area contributed by atoms with E-state index >= 15 is 0 Å². The number of hydrogen-bond donors (Lipinski definition) is 1. The Morgan fingerprint density at radius 1 is 1.38 bits per heavy atom. The molecule has 2 aliphatic rings. The van der Waals surface area contributed by atoms with Crippen molar-refractivity contribution >= 4 is 13.6 Å². The summed E-state index contributed by atoms with van der Waals surface area (Å²) in [5.41, 5.74) is -0.219. The number of ether oxygens (including phenoxy) is 1. The zero-order valence-corrected chi connectivity index (χ0v) is 13.9. The van der Waals surface area contributed by atoms with E-state index in [4.69, 9.17) is 13.8 Å². The molecular weight excluding hydrogens is 297 g/mol. The molecule has 2 saturated heterocycles. The zero-order valence-electron chi connectivity index (χ0n) is 13.0. The SMILES string of the molecule is CCOC(=O)C1CN(O)C(C)(P2(=O)OCC(C)(C)CO2)C1. The highest BCUT2D eigenvalue weighted by atomic mass is 31.2. The maximum absolute atomic E-state index is 13.0. The second kappa shape index (κ2) is 5.63. The molecule has 8 heteroatoms. The zero-order chi connectivity index (χ0) is 15.9. The van der Waals surface area contributed by atoms with E-state index in [1.165, 1.54) is 0 Å². The molecule has 2 heterocycles. The van der Waals surface area contributed by atoms with Crippen molar-refractivity contribution in [2.24, 2.45) is 11.3 Å². The molecule has 0 aliphatic carbocycles. The molecule has 1 N–H and O–H groups in total. The number of carbonyl (C=O) groups is 1. The maximum atomic E-state index is 13.0. The van der Waals surface area contributed by atoms with E-state index in [9.17, 15) is 14.6 Å². The van der Waals surface area contributed by atoms with E-state index in [-0.39, 0.29) is 38.2 Å². The molecule has 0 aromatic heterocycles. The van der Waals surface area contributed by atoms with Gasteiger partial charge in [-0.05, 0) is 20.3 Å². The van der Waals surface area contributed by atoms with Gasteiger partial charge < -0.3 is 19.0 Å². The summed E-state index contributed by atoms with van der Waals surface area (Å²) < 4.78 is 29.0. The van der Waals surface area contributed by atoms with Crippen LogP contribution in [-0.4, -0.2) is 47.9 Å². The third-order valence-corrected chi connectivity index (χ3v) is 6.57. The van der Waals surface area contributed by atoms with Gasteiger partial charge >= 0.3 is 13.6 Å². The van der Waals surface area contributed by atoms with Crippen molar-refractivity contribution in [2.45, 2.75) is 39.4 Å². The largest absolute Gasteiger partial charge is 0.466 e. The number of carbonyl (C=O) groups excluding carboxylic acids is 1. The van der Waals surface area contributed by atoms with Crippen molar-refractivity contribution in [1.82, 2.24) is 5.06 Å². The second-order valence-electron chi connectivity index (χ2n) is 6.66. The summed E-state index contributed by atoms with van der Waals surface area (Å²) in [6.07, 6.45) is 0.181. The molecule has 0 radical (unpaired) electrons. The van der Waals surface area contributed by atoms with Gasteiger partial charge in [-0.2, -0.15) is 5.06 Å². The predicted octanol–water partition coefficient (Wildman–Crippen LogP) is 2.24. The van der Waals surface area contributed by atoms with Gasteiger partial charge in [0.25, 0.3) is 0 Å². The average molecular weight is 321 g/mol. The molecule has 2 rings (SSSR count). The van der Waals surface area contributed by atoms with Gasteiger partial charge in [-0.3, -0.25) is 9.36 Å². The lowest BCUT2D eigenvalue weighted by molar-refractivity contribution is -0.151. The molecule has 0 spiro atoms. The van der Waals surface area contributed by atoms with Crippen molar-refractivity contribution < 1.29 is 28.4 Å². The lowest BCUT2D eigenvalue weighted by atomic mass is 9.97. The third kappa shape index (κ3) is 3.03. The van der Waals surface area contributed by atoms with E-state index < -0.39 is 24.8 Å². The lowest BCUT2D eigenvalue weighted by Gasteiger charge is -2.42. The molecule has 0 bridgehead atoms. The van der Waals surface area contributed by atoms with Gasteiger partial charge in [0.15, 0.2) is 0 Å². The molecule has 2 atom stereocenters. The molecule has 2 fully saturated rings. The van der Waals surface area contributed by atoms with E-state index in [1.807, 2.05) is 13.8 Å². The Bertz CT molecular complexity index is 454. The van der Waals surface area contributed by atoms with Gasteiger partial charge in [-0.25, -0.2) is 0 Å². The van der Waals surface area contributed by atoms with Crippen molar-refractivity contribution in [3.8, 4) is 0 Å².